The van der Waals surface area contributed by atoms with Gasteiger partial charge in [0, 0.05) is 19.4 Å². The molecule has 0 bridgehead atoms. The minimum absolute atomic E-state index is 0.0762. The number of rotatable bonds is 10. The second-order valence-corrected chi connectivity index (χ2v) is 3.82. The van der Waals surface area contributed by atoms with Crippen LogP contribution in [0.4, 0.5) is 0 Å². The molecule has 3 nitrogen and oxygen atoms in total. The van der Waals surface area contributed by atoms with E-state index in [0.29, 0.717) is 19.3 Å². The molecular weight excluding hydrogens is 190 g/mol. The average molecular weight is 213 g/mol. The fourth-order valence-electron chi connectivity index (χ4n) is 1.39. The minimum Gasteiger partial charge on any atom is -0.356 e. The van der Waals surface area contributed by atoms with Gasteiger partial charge in [-0.15, -0.1) is 0 Å². The van der Waals surface area contributed by atoms with E-state index in [0.717, 1.165) is 19.3 Å². The molecule has 0 aromatic heterocycles. The van der Waals surface area contributed by atoms with Gasteiger partial charge in [-0.25, -0.2) is 0 Å². The van der Waals surface area contributed by atoms with E-state index in [1.54, 1.807) is 0 Å². The Labute approximate surface area is 92.6 Å². The number of carbonyl (C=O) groups excluding carboxylic acids is 2. The molecule has 0 heterocycles. The maximum absolute atomic E-state index is 11.2. The molecule has 0 aliphatic rings. The lowest BCUT2D eigenvalue weighted by Gasteiger charge is -2.03. The van der Waals surface area contributed by atoms with Gasteiger partial charge < -0.3 is 10.1 Å². The van der Waals surface area contributed by atoms with E-state index in [-0.39, 0.29) is 5.91 Å². The Hall–Kier alpha value is -0.860. The smallest absolute Gasteiger partial charge is 0.220 e. The maximum atomic E-state index is 11.2. The summed E-state index contributed by atoms with van der Waals surface area (Å²) in [6, 6.07) is 0. The summed E-state index contributed by atoms with van der Waals surface area (Å²) < 4.78 is 0. The van der Waals surface area contributed by atoms with Gasteiger partial charge in [-0.1, -0.05) is 32.6 Å². The van der Waals surface area contributed by atoms with E-state index < -0.39 is 0 Å². The van der Waals surface area contributed by atoms with E-state index >= 15 is 0 Å². The van der Waals surface area contributed by atoms with Crippen LogP contribution in [0.25, 0.3) is 0 Å². The maximum Gasteiger partial charge on any atom is 0.220 e. The molecule has 0 atom stereocenters. The van der Waals surface area contributed by atoms with Gasteiger partial charge in [-0.05, 0) is 12.8 Å². The van der Waals surface area contributed by atoms with Crippen molar-refractivity contribution in [2.24, 2.45) is 0 Å². The van der Waals surface area contributed by atoms with Gasteiger partial charge in [-0.3, -0.25) is 4.79 Å². The molecule has 0 fully saturated rings. The van der Waals surface area contributed by atoms with Gasteiger partial charge in [-0.2, -0.15) is 0 Å². The molecule has 1 amide bonds. The van der Waals surface area contributed by atoms with Gasteiger partial charge in [0.25, 0.3) is 0 Å². The van der Waals surface area contributed by atoms with Crippen LogP contribution in [-0.2, 0) is 9.59 Å². The highest BCUT2D eigenvalue weighted by atomic mass is 16.1. The Morgan fingerprint density at radius 1 is 1.13 bits per heavy atom. The van der Waals surface area contributed by atoms with E-state index in [4.69, 9.17) is 0 Å². The number of amides is 1. The minimum atomic E-state index is 0.0762. The summed E-state index contributed by atoms with van der Waals surface area (Å²) in [5.41, 5.74) is 0. The topological polar surface area (TPSA) is 46.2 Å². The molecule has 0 radical (unpaired) electrons. The van der Waals surface area contributed by atoms with Gasteiger partial charge >= 0.3 is 0 Å². The van der Waals surface area contributed by atoms with Crippen molar-refractivity contribution in [3.05, 3.63) is 0 Å². The predicted molar refractivity (Wildman–Crippen MR) is 61.7 cm³/mol. The Bertz CT molecular complexity index is 169. The normalized spacial score (nSPS) is 9.93. The first-order valence-electron chi connectivity index (χ1n) is 6.01. The summed E-state index contributed by atoms with van der Waals surface area (Å²) in [4.78, 5) is 21.2. The Morgan fingerprint density at radius 2 is 1.87 bits per heavy atom. The number of unbranched alkanes of at least 4 members (excludes halogenated alkanes) is 5. The van der Waals surface area contributed by atoms with Crippen molar-refractivity contribution in [3.8, 4) is 0 Å². The molecule has 1 N–H and O–H groups in total. The third-order valence-corrected chi connectivity index (χ3v) is 2.33. The molecule has 0 aromatic rings. The van der Waals surface area contributed by atoms with Crippen LogP contribution < -0.4 is 5.32 Å². The standard InChI is InChI=1S/C12H23NO2/c1-2-3-4-5-7-10-13-12(15)9-6-8-11-14/h11H,2-10H2,1H3,(H,13,15). The Balaban J connectivity index is 3.13. The van der Waals surface area contributed by atoms with Gasteiger partial charge in [0.05, 0.1) is 0 Å². The Kier molecular flexibility index (Phi) is 10.6. The largest absolute Gasteiger partial charge is 0.356 e. The van der Waals surface area contributed by atoms with Crippen LogP contribution in [0.1, 0.15) is 58.3 Å². The second-order valence-electron chi connectivity index (χ2n) is 3.82. The highest BCUT2D eigenvalue weighted by Gasteiger charge is 1.99. The molecule has 0 saturated heterocycles. The zero-order chi connectivity index (χ0) is 11.4. The third-order valence-electron chi connectivity index (χ3n) is 2.33. The first-order valence-corrected chi connectivity index (χ1v) is 6.01. The van der Waals surface area contributed by atoms with E-state index in [9.17, 15) is 9.59 Å². The molecule has 3 heteroatoms. The van der Waals surface area contributed by atoms with E-state index in [2.05, 4.69) is 12.2 Å². The zero-order valence-corrected chi connectivity index (χ0v) is 9.76. The number of nitrogens with one attached hydrogen (secondary N) is 1. The van der Waals surface area contributed by atoms with Crippen molar-refractivity contribution in [3.63, 3.8) is 0 Å². The summed E-state index contributed by atoms with van der Waals surface area (Å²) in [6.45, 7) is 2.97. The zero-order valence-electron chi connectivity index (χ0n) is 9.76. The second kappa shape index (κ2) is 11.2. The average Bonchev–Trinajstić information content (AvgIpc) is 2.23. The number of carbonyl (C=O) groups is 2. The summed E-state index contributed by atoms with van der Waals surface area (Å²) in [6.07, 6.45) is 8.56. The fraction of sp³-hybridized carbons (Fsp3) is 0.833. The van der Waals surface area contributed by atoms with Crippen molar-refractivity contribution in [2.45, 2.75) is 58.3 Å². The van der Waals surface area contributed by atoms with Crippen molar-refractivity contribution in [1.82, 2.24) is 5.32 Å². The molecule has 0 aliphatic heterocycles. The summed E-state index contributed by atoms with van der Waals surface area (Å²) >= 11 is 0. The van der Waals surface area contributed by atoms with Crippen molar-refractivity contribution < 1.29 is 9.59 Å². The lowest BCUT2D eigenvalue weighted by molar-refractivity contribution is -0.121. The van der Waals surface area contributed by atoms with Crippen LogP contribution in [-0.4, -0.2) is 18.7 Å². The van der Waals surface area contributed by atoms with Crippen LogP contribution in [0, 0.1) is 0 Å². The lowest BCUT2D eigenvalue weighted by Crippen LogP contribution is -2.23. The molecule has 0 rings (SSSR count). The van der Waals surface area contributed by atoms with Crippen LogP contribution in [0.15, 0.2) is 0 Å². The molecule has 15 heavy (non-hydrogen) atoms. The van der Waals surface area contributed by atoms with Crippen molar-refractivity contribution >= 4 is 12.2 Å². The third kappa shape index (κ3) is 11.1. The lowest BCUT2D eigenvalue weighted by atomic mass is 10.1. The van der Waals surface area contributed by atoms with E-state index in [1.807, 2.05) is 0 Å². The number of hydrogen-bond acceptors (Lipinski definition) is 2. The highest BCUT2D eigenvalue weighted by molar-refractivity contribution is 5.76. The molecular formula is C12H23NO2. The summed E-state index contributed by atoms with van der Waals surface area (Å²) in [7, 11) is 0. The number of aldehydes is 1. The molecule has 0 saturated carbocycles. The first kappa shape index (κ1) is 14.1. The van der Waals surface area contributed by atoms with Crippen LogP contribution in [0.3, 0.4) is 0 Å². The summed E-state index contributed by atoms with van der Waals surface area (Å²) in [5, 5.41) is 2.86. The van der Waals surface area contributed by atoms with Gasteiger partial charge in [0.2, 0.25) is 5.91 Å². The molecule has 88 valence electrons. The van der Waals surface area contributed by atoms with Gasteiger partial charge in [0.15, 0.2) is 0 Å². The first-order chi connectivity index (χ1) is 7.31. The molecule has 0 aliphatic carbocycles. The van der Waals surface area contributed by atoms with E-state index in [1.165, 1.54) is 25.7 Å². The summed E-state index contributed by atoms with van der Waals surface area (Å²) in [5.74, 6) is 0.0762. The SMILES string of the molecule is CCCCCCCNC(=O)CCCC=O. The van der Waals surface area contributed by atoms with Crippen LogP contribution in [0.2, 0.25) is 0 Å². The molecule has 0 spiro atoms. The highest BCUT2D eigenvalue weighted by Crippen LogP contribution is 2.01. The quantitative estimate of drug-likeness (QED) is 0.447. The fourth-order valence-corrected chi connectivity index (χ4v) is 1.39. The predicted octanol–water partition coefficient (Wildman–Crippen LogP) is 2.44. The number of hydrogen-bond donors (Lipinski definition) is 1. The molecule has 0 unspecified atom stereocenters. The van der Waals surface area contributed by atoms with Crippen LogP contribution >= 0.6 is 0 Å². The molecule has 0 aromatic carbocycles. The van der Waals surface area contributed by atoms with Crippen molar-refractivity contribution in [2.75, 3.05) is 6.54 Å². The Morgan fingerprint density at radius 3 is 2.53 bits per heavy atom. The van der Waals surface area contributed by atoms with Crippen molar-refractivity contribution in [1.29, 1.82) is 0 Å². The van der Waals surface area contributed by atoms with Crippen LogP contribution in [0.5, 0.6) is 0 Å². The monoisotopic (exact) mass is 213 g/mol. The van der Waals surface area contributed by atoms with Gasteiger partial charge in [0.1, 0.15) is 6.29 Å².